The van der Waals surface area contributed by atoms with Gasteiger partial charge in [-0.15, -0.1) is 0 Å². The van der Waals surface area contributed by atoms with E-state index in [4.69, 9.17) is 4.74 Å². The largest absolute Gasteiger partial charge is 0.489 e. The van der Waals surface area contributed by atoms with Crippen molar-refractivity contribution < 1.29 is 18.4 Å². The molecule has 0 atom stereocenters. The third-order valence-corrected chi connectivity index (χ3v) is 1.98. The molecule has 1 aromatic carbocycles. The van der Waals surface area contributed by atoms with Gasteiger partial charge in [-0.3, -0.25) is 10.1 Å². The summed E-state index contributed by atoms with van der Waals surface area (Å²) in [5.74, 6) is -2.39. The van der Waals surface area contributed by atoms with E-state index in [1.807, 2.05) is 6.92 Å². The Morgan fingerprint density at radius 3 is 2.71 bits per heavy atom. The van der Waals surface area contributed by atoms with Crippen molar-refractivity contribution in [2.24, 2.45) is 0 Å². The number of nitro groups is 1. The molecule has 0 amide bonds. The molecule has 1 rings (SSSR count). The van der Waals surface area contributed by atoms with Crippen molar-refractivity contribution in [2.75, 3.05) is 19.7 Å². The van der Waals surface area contributed by atoms with E-state index in [0.717, 1.165) is 6.54 Å². The second kappa shape index (κ2) is 6.09. The minimum atomic E-state index is -1.12. The molecule has 1 aromatic rings. The van der Waals surface area contributed by atoms with E-state index < -0.39 is 22.2 Å². The first-order chi connectivity index (χ1) is 8.06. The fourth-order valence-corrected chi connectivity index (χ4v) is 1.18. The highest BCUT2D eigenvalue weighted by Gasteiger charge is 2.19. The van der Waals surface area contributed by atoms with Gasteiger partial charge < -0.3 is 10.1 Å². The molecule has 0 fully saturated rings. The average Bonchev–Trinajstić information content (AvgIpc) is 2.28. The molecule has 17 heavy (non-hydrogen) atoms. The van der Waals surface area contributed by atoms with E-state index in [1.165, 1.54) is 0 Å². The Morgan fingerprint density at radius 2 is 2.12 bits per heavy atom. The summed E-state index contributed by atoms with van der Waals surface area (Å²) in [6, 6.07) is 1.19. The van der Waals surface area contributed by atoms with Gasteiger partial charge in [0, 0.05) is 12.6 Å². The molecule has 1 N–H and O–H groups in total. The number of ether oxygens (including phenoxy) is 1. The zero-order valence-electron chi connectivity index (χ0n) is 9.20. The van der Waals surface area contributed by atoms with Crippen LogP contribution in [0.3, 0.4) is 0 Å². The Bertz CT molecular complexity index is 413. The number of nitrogens with zero attached hydrogens (tertiary/aromatic N) is 1. The topological polar surface area (TPSA) is 64.4 Å². The Morgan fingerprint density at radius 1 is 1.41 bits per heavy atom. The van der Waals surface area contributed by atoms with Crippen molar-refractivity contribution in [1.82, 2.24) is 5.32 Å². The molecule has 7 heteroatoms. The highest BCUT2D eigenvalue weighted by atomic mass is 19.1. The molecule has 0 aliphatic rings. The summed E-state index contributed by atoms with van der Waals surface area (Å²) < 4.78 is 31.4. The standard InChI is InChI=1S/C10H12F2N2O3/c1-2-13-3-4-17-10-6-7(11)9(14(15)16)5-8(10)12/h5-6,13H,2-4H2,1H3. The summed E-state index contributed by atoms with van der Waals surface area (Å²) in [5.41, 5.74) is -0.901. The number of hydrogen-bond acceptors (Lipinski definition) is 4. The molecule has 0 radical (unpaired) electrons. The molecule has 0 saturated carbocycles. The summed E-state index contributed by atoms with van der Waals surface area (Å²) in [5, 5.41) is 13.3. The second-order valence-electron chi connectivity index (χ2n) is 3.19. The number of nitro benzene ring substituents is 1. The van der Waals surface area contributed by atoms with Gasteiger partial charge in [0.15, 0.2) is 11.6 Å². The van der Waals surface area contributed by atoms with Crippen molar-refractivity contribution in [1.29, 1.82) is 0 Å². The van der Waals surface area contributed by atoms with Crippen molar-refractivity contribution in [2.45, 2.75) is 6.92 Å². The van der Waals surface area contributed by atoms with Gasteiger partial charge in [0.05, 0.1) is 11.0 Å². The van der Waals surface area contributed by atoms with E-state index in [0.29, 0.717) is 18.7 Å². The SMILES string of the molecule is CCNCCOc1cc(F)c([N+](=O)[O-])cc1F. The molecule has 0 bridgehead atoms. The fraction of sp³-hybridized carbons (Fsp3) is 0.400. The molecule has 0 aliphatic carbocycles. The molecule has 5 nitrogen and oxygen atoms in total. The normalized spacial score (nSPS) is 10.3. The third-order valence-electron chi connectivity index (χ3n) is 1.98. The number of likely N-dealkylation sites (N-methyl/N-ethyl adjacent to an activating group) is 1. The Labute approximate surface area is 96.5 Å². The fourth-order valence-electron chi connectivity index (χ4n) is 1.18. The predicted molar refractivity (Wildman–Crippen MR) is 57.1 cm³/mol. The van der Waals surface area contributed by atoms with Gasteiger partial charge in [-0.25, -0.2) is 4.39 Å². The number of hydrogen-bond donors (Lipinski definition) is 1. The van der Waals surface area contributed by atoms with Crippen molar-refractivity contribution in [3.8, 4) is 5.75 Å². The van der Waals surface area contributed by atoms with Crippen LogP contribution in [-0.4, -0.2) is 24.6 Å². The maximum Gasteiger partial charge on any atom is 0.307 e. The van der Waals surface area contributed by atoms with Crippen LogP contribution in [0.4, 0.5) is 14.5 Å². The first kappa shape index (κ1) is 13.3. The lowest BCUT2D eigenvalue weighted by molar-refractivity contribution is -0.387. The van der Waals surface area contributed by atoms with Gasteiger partial charge in [0.25, 0.3) is 0 Å². The summed E-state index contributed by atoms with van der Waals surface area (Å²) in [6.45, 7) is 3.27. The van der Waals surface area contributed by atoms with E-state index in [2.05, 4.69) is 5.32 Å². The molecule has 94 valence electrons. The first-order valence-corrected chi connectivity index (χ1v) is 5.03. The minimum Gasteiger partial charge on any atom is -0.489 e. The van der Waals surface area contributed by atoms with Gasteiger partial charge in [0.1, 0.15) is 6.61 Å². The summed E-state index contributed by atoms with van der Waals surface area (Å²) in [6.07, 6.45) is 0. The lowest BCUT2D eigenvalue weighted by Crippen LogP contribution is -2.20. The van der Waals surface area contributed by atoms with Crippen LogP contribution in [0.5, 0.6) is 5.75 Å². The molecule has 0 aliphatic heterocycles. The van der Waals surface area contributed by atoms with Crippen LogP contribution >= 0.6 is 0 Å². The van der Waals surface area contributed by atoms with Crippen LogP contribution in [0.25, 0.3) is 0 Å². The highest BCUT2D eigenvalue weighted by Crippen LogP contribution is 2.26. The van der Waals surface area contributed by atoms with Crippen molar-refractivity contribution in [3.05, 3.63) is 33.9 Å². The molecular formula is C10H12F2N2O3. The summed E-state index contributed by atoms with van der Waals surface area (Å²) in [7, 11) is 0. The summed E-state index contributed by atoms with van der Waals surface area (Å²) in [4.78, 5) is 9.35. The Kier molecular flexibility index (Phi) is 4.77. The molecule has 0 aromatic heterocycles. The van der Waals surface area contributed by atoms with E-state index in [1.54, 1.807) is 0 Å². The first-order valence-electron chi connectivity index (χ1n) is 5.03. The van der Waals surface area contributed by atoms with Crippen LogP contribution in [0.2, 0.25) is 0 Å². The van der Waals surface area contributed by atoms with Gasteiger partial charge in [-0.1, -0.05) is 6.92 Å². The zero-order valence-corrected chi connectivity index (χ0v) is 9.20. The van der Waals surface area contributed by atoms with Crippen LogP contribution in [0, 0.1) is 21.7 Å². The highest BCUT2D eigenvalue weighted by molar-refractivity contribution is 5.39. The molecule has 0 unspecified atom stereocenters. The third kappa shape index (κ3) is 3.63. The van der Waals surface area contributed by atoms with Gasteiger partial charge in [-0.2, -0.15) is 4.39 Å². The van der Waals surface area contributed by atoms with E-state index in [-0.39, 0.29) is 12.4 Å². The smallest absolute Gasteiger partial charge is 0.307 e. The van der Waals surface area contributed by atoms with E-state index in [9.17, 15) is 18.9 Å². The molecule has 0 saturated heterocycles. The number of nitrogens with one attached hydrogen (secondary N) is 1. The quantitative estimate of drug-likeness (QED) is 0.472. The van der Waals surface area contributed by atoms with Crippen molar-refractivity contribution >= 4 is 5.69 Å². The lowest BCUT2D eigenvalue weighted by atomic mass is 10.3. The van der Waals surface area contributed by atoms with Crippen LogP contribution < -0.4 is 10.1 Å². The van der Waals surface area contributed by atoms with Crippen LogP contribution in [-0.2, 0) is 0 Å². The van der Waals surface area contributed by atoms with Gasteiger partial charge in [-0.05, 0) is 6.54 Å². The Balaban J connectivity index is 2.74. The summed E-state index contributed by atoms with van der Waals surface area (Å²) >= 11 is 0. The van der Waals surface area contributed by atoms with E-state index >= 15 is 0 Å². The maximum absolute atomic E-state index is 13.3. The molecule has 0 heterocycles. The van der Waals surface area contributed by atoms with Crippen molar-refractivity contribution in [3.63, 3.8) is 0 Å². The number of halogens is 2. The number of benzene rings is 1. The average molecular weight is 246 g/mol. The molecular weight excluding hydrogens is 234 g/mol. The van der Waals surface area contributed by atoms with Gasteiger partial charge in [0.2, 0.25) is 5.82 Å². The lowest BCUT2D eigenvalue weighted by Gasteiger charge is -2.07. The van der Waals surface area contributed by atoms with Gasteiger partial charge >= 0.3 is 5.69 Å². The molecule has 0 spiro atoms. The maximum atomic E-state index is 13.3. The zero-order chi connectivity index (χ0) is 12.8. The Hall–Kier alpha value is -1.76. The minimum absolute atomic E-state index is 0.155. The van der Waals surface area contributed by atoms with Crippen LogP contribution in [0.15, 0.2) is 12.1 Å². The number of rotatable bonds is 6. The van der Waals surface area contributed by atoms with Crippen LogP contribution in [0.1, 0.15) is 6.92 Å². The predicted octanol–water partition coefficient (Wildman–Crippen LogP) is 1.86. The second-order valence-corrected chi connectivity index (χ2v) is 3.19. The monoisotopic (exact) mass is 246 g/mol.